The first-order valence-electron chi connectivity index (χ1n) is 8.30. The van der Waals surface area contributed by atoms with E-state index in [2.05, 4.69) is 81.7 Å². The maximum Gasteiger partial charge on any atom is 0.139 e. The van der Waals surface area contributed by atoms with E-state index in [0.29, 0.717) is 0 Å². The minimum Gasteiger partial charge on any atom is -0.0945 e. The van der Waals surface area contributed by atoms with Crippen molar-refractivity contribution in [1.29, 1.82) is 0 Å². The number of fused-ring (bicyclic) bond motifs is 6. The molecular weight excluding hydrogens is 270 g/mol. The van der Waals surface area contributed by atoms with Crippen LogP contribution in [0.4, 0.5) is 0 Å². The van der Waals surface area contributed by atoms with Crippen LogP contribution in [0.5, 0.6) is 0 Å². The Morgan fingerprint density at radius 1 is 0.478 bits per heavy atom. The van der Waals surface area contributed by atoms with Gasteiger partial charge in [-0.15, -0.1) is 0 Å². The maximum atomic E-state index is 2.37. The maximum absolute atomic E-state index is 2.37. The largest absolute Gasteiger partial charge is 0.139 e. The molecule has 0 N–H and O–H groups in total. The molecule has 0 aromatic heterocycles. The Labute approximate surface area is 141 Å². The summed E-state index contributed by atoms with van der Waals surface area (Å²) >= 11 is 0. The van der Waals surface area contributed by atoms with Gasteiger partial charge in [0.2, 0.25) is 0 Å². The molecule has 23 heavy (non-hydrogen) atoms. The lowest BCUT2D eigenvalue weighted by Gasteiger charge is -2.16. The van der Waals surface area contributed by atoms with Gasteiger partial charge in [-0.3, -0.25) is 0 Å². The van der Waals surface area contributed by atoms with E-state index < -0.39 is 0 Å². The predicted octanol–water partition coefficient (Wildman–Crippen LogP) is -3.56. The molecule has 0 heterocycles. The molecule has 0 bridgehead atoms. The third-order valence-electron chi connectivity index (χ3n) is 5.39. The van der Waals surface area contributed by atoms with Crippen LogP contribution in [0.3, 0.4) is 0 Å². The third kappa shape index (κ3) is 2.06. The summed E-state index contributed by atoms with van der Waals surface area (Å²) in [5, 5.41) is 8.30. The highest BCUT2D eigenvalue weighted by atomic mass is 14.1. The van der Waals surface area contributed by atoms with Crippen molar-refractivity contribution in [3.63, 3.8) is 0 Å². The van der Waals surface area contributed by atoms with Gasteiger partial charge in [0.1, 0.15) is 39.2 Å². The van der Waals surface area contributed by atoms with Crippen LogP contribution in [0.25, 0.3) is 32.3 Å². The highest BCUT2D eigenvalue weighted by Gasteiger charge is 2.12. The summed E-state index contributed by atoms with van der Waals surface area (Å²) in [6.45, 7) is 0. The summed E-state index contributed by atoms with van der Waals surface area (Å²) < 4.78 is 0. The lowest BCUT2D eigenvalue weighted by Crippen LogP contribution is -2.28. The average molecular weight is 287 g/mol. The Morgan fingerprint density at radius 2 is 1.09 bits per heavy atom. The van der Waals surface area contributed by atoms with Gasteiger partial charge in [-0.1, -0.05) is 69.8 Å². The van der Waals surface area contributed by atoms with E-state index in [9.17, 15) is 0 Å². The molecule has 0 aliphatic rings. The van der Waals surface area contributed by atoms with Gasteiger partial charge >= 0.3 is 0 Å². The molecule has 0 nitrogen and oxygen atoms in total. The van der Waals surface area contributed by atoms with Gasteiger partial charge in [-0.05, 0) is 32.3 Å². The van der Waals surface area contributed by atoms with Gasteiger partial charge in [0.05, 0.1) is 0 Å². The quantitative estimate of drug-likeness (QED) is 0.232. The van der Waals surface area contributed by atoms with Gasteiger partial charge < -0.3 is 0 Å². The van der Waals surface area contributed by atoms with Gasteiger partial charge in [-0.2, -0.15) is 0 Å². The summed E-state index contributed by atoms with van der Waals surface area (Å²) in [7, 11) is 11.1. The lowest BCUT2D eigenvalue weighted by atomic mass is 9.73. The zero-order valence-electron chi connectivity index (χ0n) is 14.5. The fourth-order valence-electron chi connectivity index (χ4n) is 3.75. The van der Waals surface area contributed by atoms with Crippen LogP contribution in [0, 0.1) is 0 Å². The van der Waals surface area contributed by atoms with Crippen molar-refractivity contribution in [1.82, 2.24) is 0 Å². The van der Waals surface area contributed by atoms with E-state index in [4.69, 9.17) is 0 Å². The molecule has 0 spiro atoms. The molecule has 0 aliphatic heterocycles. The summed E-state index contributed by atoms with van der Waals surface area (Å²) in [6, 6.07) is 16.1. The molecule has 0 amide bonds. The molecule has 4 rings (SSSR count). The summed E-state index contributed by atoms with van der Waals surface area (Å²) in [5.41, 5.74) is 6.82. The Balaban J connectivity index is 2.43. The highest BCUT2D eigenvalue weighted by Crippen LogP contribution is 2.32. The van der Waals surface area contributed by atoms with E-state index in [1.54, 1.807) is 0 Å². The van der Waals surface area contributed by atoms with E-state index in [1.807, 2.05) is 0 Å². The highest BCUT2D eigenvalue weighted by molar-refractivity contribution is 6.56. The molecule has 0 atom stereocenters. The monoisotopic (exact) mass is 288 g/mol. The van der Waals surface area contributed by atoms with Gasteiger partial charge in [0, 0.05) is 0 Å². The lowest BCUT2D eigenvalue weighted by molar-refractivity contribution is 1.87. The van der Waals surface area contributed by atoms with Crippen molar-refractivity contribution in [2.75, 3.05) is 0 Å². The Hall–Kier alpha value is -2.02. The predicted molar refractivity (Wildman–Crippen MR) is 120 cm³/mol. The molecule has 0 fully saturated rings. The van der Waals surface area contributed by atoms with Gasteiger partial charge in [0.25, 0.3) is 0 Å². The average Bonchev–Trinajstić information content (AvgIpc) is 2.52. The SMILES string of the molecule is Bc1ccc2c(c1)c1ccc(B)c(B)c1c1cc(B)c(B)cc21. The fourth-order valence-corrected chi connectivity index (χ4v) is 3.75. The normalized spacial score (nSPS) is 11.5. The second-order valence-corrected chi connectivity index (χ2v) is 6.96. The Morgan fingerprint density at radius 3 is 1.83 bits per heavy atom. The third-order valence-corrected chi connectivity index (χ3v) is 5.39. The van der Waals surface area contributed by atoms with Crippen LogP contribution < -0.4 is 27.3 Å². The van der Waals surface area contributed by atoms with E-state index >= 15 is 0 Å². The number of hydrogen-bond donors (Lipinski definition) is 0. The van der Waals surface area contributed by atoms with Crippen LogP contribution in [-0.4, -0.2) is 39.2 Å². The van der Waals surface area contributed by atoms with Crippen LogP contribution in [0.15, 0.2) is 42.5 Å². The van der Waals surface area contributed by atoms with Crippen LogP contribution in [0.1, 0.15) is 0 Å². The first kappa shape index (κ1) is 14.6. The molecule has 0 aliphatic carbocycles. The minimum absolute atomic E-state index is 1.32. The zero-order chi connectivity index (χ0) is 16.3. The number of hydrogen-bond acceptors (Lipinski definition) is 0. The fraction of sp³-hybridized carbons (Fsp3) is 0. The molecular formula is C18H17B5. The van der Waals surface area contributed by atoms with Crippen molar-refractivity contribution < 1.29 is 0 Å². The topological polar surface area (TPSA) is 0 Å². The van der Waals surface area contributed by atoms with E-state index in [-0.39, 0.29) is 0 Å². The molecule has 4 aromatic rings. The van der Waals surface area contributed by atoms with E-state index in [1.165, 1.54) is 59.6 Å². The standard InChI is InChI=1S/C18H17B5/c19-8-1-2-9-11(5-8)10-3-4-14(20)18(23)17(10)13-7-16(22)15(21)6-12(9)13/h1-7H,19-23H2. The van der Waals surface area contributed by atoms with Crippen LogP contribution in [-0.2, 0) is 0 Å². The summed E-state index contributed by atoms with van der Waals surface area (Å²) in [5.74, 6) is 0. The van der Waals surface area contributed by atoms with Crippen LogP contribution in [0.2, 0.25) is 0 Å². The Bertz CT molecular complexity index is 1120. The smallest absolute Gasteiger partial charge is 0.0945 e. The molecule has 0 radical (unpaired) electrons. The molecule has 0 saturated heterocycles. The zero-order valence-corrected chi connectivity index (χ0v) is 14.5. The van der Waals surface area contributed by atoms with E-state index in [0.717, 1.165) is 0 Å². The van der Waals surface area contributed by atoms with Gasteiger partial charge in [-0.25, -0.2) is 0 Å². The van der Waals surface area contributed by atoms with Crippen LogP contribution >= 0.6 is 0 Å². The molecule has 104 valence electrons. The number of benzene rings is 4. The Kier molecular flexibility index (Phi) is 3.16. The van der Waals surface area contributed by atoms with Crippen molar-refractivity contribution in [2.24, 2.45) is 0 Å². The summed E-state index contributed by atoms with van der Waals surface area (Å²) in [6.07, 6.45) is 0. The molecule has 0 saturated carbocycles. The molecule has 5 heteroatoms. The van der Waals surface area contributed by atoms with Crippen molar-refractivity contribution in [3.8, 4) is 0 Å². The second-order valence-electron chi connectivity index (χ2n) is 6.96. The number of rotatable bonds is 0. The van der Waals surface area contributed by atoms with Crippen molar-refractivity contribution in [3.05, 3.63) is 42.5 Å². The van der Waals surface area contributed by atoms with Gasteiger partial charge in [0.15, 0.2) is 0 Å². The summed E-state index contributed by atoms with van der Waals surface area (Å²) in [4.78, 5) is 0. The first-order valence-corrected chi connectivity index (χ1v) is 8.30. The second kappa shape index (κ2) is 4.99. The minimum atomic E-state index is 1.32. The van der Waals surface area contributed by atoms with Crippen molar-refractivity contribution >= 4 is 98.9 Å². The molecule has 0 unspecified atom stereocenters. The molecule has 4 aromatic carbocycles. The van der Waals surface area contributed by atoms with Crippen molar-refractivity contribution in [2.45, 2.75) is 0 Å². The first-order chi connectivity index (χ1) is 11.0.